The molecular weight excluding hydrogens is 424 g/mol. The maximum atomic E-state index is 12.6. The minimum absolute atomic E-state index is 0.117. The van der Waals surface area contributed by atoms with Gasteiger partial charge in [-0.1, -0.05) is 55.1 Å². The molecule has 2 aromatic heterocycles. The number of aryl methyl sites for hydroxylation is 1. The standard InChI is InChI=1S/C23H24N6O2S/c1-3-16-10-8-9-13-18(16)24-20(30)14-19-25-28-23(29(19)4-2)32-15-21-26-27-22(31-21)17-11-6-5-7-12-17/h5-13H,3-4,14-15H2,1-2H3,(H,24,30). The van der Waals surface area contributed by atoms with Crippen LogP contribution in [0, 0.1) is 0 Å². The summed E-state index contributed by atoms with van der Waals surface area (Å²) in [6.07, 6.45) is 1.00. The highest BCUT2D eigenvalue weighted by molar-refractivity contribution is 7.98. The second-order valence-electron chi connectivity index (χ2n) is 7.03. The van der Waals surface area contributed by atoms with E-state index < -0.39 is 0 Å². The highest BCUT2D eigenvalue weighted by Crippen LogP contribution is 2.24. The molecule has 0 aliphatic rings. The zero-order valence-electron chi connectivity index (χ0n) is 18.0. The molecule has 9 heteroatoms. The lowest BCUT2D eigenvalue weighted by atomic mass is 10.1. The number of aromatic nitrogens is 5. The summed E-state index contributed by atoms with van der Waals surface area (Å²) in [5.74, 6) is 1.97. The van der Waals surface area contributed by atoms with E-state index in [0.29, 0.717) is 35.1 Å². The van der Waals surface area contributed by atoms with Gasteiger partial charge in [-0.25, -0.2) is 0 Å². The second kappa shape index (κ2) is 10.2. The van der Waals surface area contributed by atoms with Crippen molar-refractivity contribution in [2.24, 2.45) is 0 Å². The molecule has 4 aromatic rings. The average Bonchev–Trinajstić information content (AvgIpc) is 3.45. The van der Waals surface area contributed by atoms with Gasteiger partial charge in [0.05, 0.1) is 12.2 Å². The molecule has 0 radical (unpaired) electrons. The first kappa shape index (κ1) is 21.8. The number of thioether (sulfide) groups is 1. The fourth-order valence-electron chi connectivity index (χ4n) is 3.30. The van der Waals surface area contributed by atoms with Gasteiger partial charge in [0.25, 0.3) is 0 Å². The van der Waals surface area contributed by atoms with E-state index in [1.54, 1.807) is 0 Å². The van der Waals surface area contributed by atoms with Gasteiger partial charge in [-0.2, -0.15) is 0 Å². The first-order valence-corrected chi connectivity index (χ1v) is 11.5. The molecule has 0 fully saturated rings. The Morgan fingerprint density at radius 3 is 2.56 bits per heavy atom. The van der Waals surface area contributed by atoms with Crippen molar-refractivity contribution in [2.45, 2.75) is 44.1 Å². The highest BCUT2D eigenvalue weighted by Gasteiger charge is 2.17. The van der Waals surface area contributed by atoms with Crippen molar-refractivity contribution in [3.05, 3.63) is 71.9 Å². The Kier molecular flexibility index (Phi) is 6.96. The van der Waals surface area contributed by atoms with Crippen molar-refractivity contribution in [1.82, 2.24) is 25.0 Å². The second-order valence-corrected chi connectivity index (χ2v) is 7.98. The molecule has 0 bridgehead atoms. The lowest BCUT2D eigenvalue weighted by molar-refractivity contribution is -0.115. The molecule has 4 rings (SSSR count). The zero-order chi connectivity index (χ0) is 22.3. The number of benzene rings is 2. The molecule has 0 saturated carbocycles. The molecule has 0 saturated heterocycles. The van der Waals surface area contributed by atoms with E-state index in [4.69, 9.17) is 4.42 Å². The first-order chi connectivity index (χ1) is 15.7. The highest BCUT2D eigenvalue weighted by atomic mass is 32.2. The molecule has 0 unspecified atom stereocenters. The Hall–Kier alpha value is -3.46. The number of nitrogens with zero attached hydrogens (tertiary/aromatic N) is 5. The summed E-state index contributed by atoms with van der Waals surface area (Å²) in [5.41, 5.74) is 2.82. The van der Waals surface area contributed by atoms with Crippen LogP contribution < -0.4 is 5.32 Å². The number of carbonyl (C=O) groups excluding carboxylic acids is 1. The van der Waals surface area contributed by atoms with E-state index in [9.17, 15) is 4.79 Å². The molecule has 0 spiro atoms. The van der Waals surface area contributed by atoms with Crippen LogP contribution in [0.4, 0.5) is 5.69 Å². The van der Waals surface area contributed by atoms with E-state index in [-0.39, 0.29) is 12.3 Å². The van der Waals surface area contributed by atoms with Crippen LogP contribution in [0.25, 0.3) is 11.5 Å². The summed E-state index contributed by atoms with van der Waals surface area (Å²) in [6.45, 7) is 4.72. The third-order valence-corrected chi connectivity index (χ3v) is 5.86. The minimum Gasteiger partial charge on any atom is -0.420 e. The molecule has 1 amide bonds. The predicted octanol–water partition coefficient (Wildman–Crippen LogP) is 4.38. The van der Waals surface area contributed by atoms with E-state index in [0.717, 1.165) is 23.2 Å². The number of nitrogens with one attached hydrogen (secondary N) is 1. The van der Waals surface area contributed by atoms with Crippen molar-refractivity contribution in [3.63, 3.8) is 0 Å². The number of carbonyl (C=O) groups is 1. The van der Waals surface area contributed by atoms with Gasteiger partial charge >= 0.3 is 0 Å². The molecule has 0 aliphatic heterocycles. The number of para-hydroxylation sites is 1. The first-order valence-electron chi connectivity index (χ1n) is 10.5. The van der Waals surface area contributed by atoms with Crippen molar-refractivity contribution in [2.75, 3.05) is 5.32 Å². The lowest BCUT2D eigenvalue weighted by Gasteiger charge is -2.10. The fourth-order valence-corrected chi connectivity index (χ4v) is 4.16. The third kappa shape index (κ3) is 5.05. The Labute approximate surface area is 190 Å². The van der Waals surface area contributed by atoms with Gasteiger partial charge in [0.1, 0.15) is 5.82 Å². The number of amides is 1. The maximum absolute atomic E-state index is 12.6. The molecule has 164 valence electrons. The van der Waals surface area contributed by atoms with Gasteiger partial charge < -0.3 is 14.3 Å². The van der Waals surface area contributed by atoms with Gasteiger partial charge in [0, 0.05) is 17.8 Å². The van der Waals surface area contributed by atoms with Crippen LogP contribution in [0.5, 0.6) is 0 Å². The Morgan fingerprint density at radius 1 is 1.00 bits per heavy atom. The van der Waals surface area contributed by atoms with Gasteiger partial charge in [0.2, 0.25) is 17.7 Å². The number of hydrogen-bond donors (Lipinski definition) is 1. The van der Waals surface area contributed by atoms with Gasteiger partial charge in [-0.05, 0) is 37.1 Å². The van der Waals surface area contributed by atoms with E-state index in [1.807, 2.05) is 66.1 Å². The summed E-state index contributed by atoms with van der Waals surface area (Å²) in [4.78, 5) is 12.6. The Bertz CT molecular complexity index is 1190. The topological polar surface area (TPSA) is 98.7 Å². The SMILES string of the molecule is CCc1ccccc1NC(=O)Cc1nnc(SCc2nnc(-c3ccccc3)o2)n1CC. The largest absolute Gasteiger partial charge is 0.420 e. The Balaban J connectivity index is 1.40. The summed E-state index contributed by atoms with van der Waals surface area (Å²) in [6, 6.07) is 17.5. The maximum Gasteiger partial charge on any atom is 0.247 e. The number of rotatable bonds is 9. The van der Waals surface area contributed by atoms with E-state index in [2.05, 4.69) is 32.6 Å². The predicted molar refractivity (Wildman–Crippen MR) is 123 cm³/mol. The lowest BCUT2D eigenvalue weighted by Crippen LogP contribution is -2.18. The van der Waals surface area contributed by atoms with Gasteiger partial charge in [0.15, 0.2) is 5.16 Å². The normalized spacial score (nSPS) is 10.9. The van der Waals surface area contributed by atoms with Crippen LogP contribution in [0.15, 0.2) is 64.2 Å². The van der Waals surface area contributed by atoms with E-state index in [1.165, 1.54) is 11.8 Å². The minimum atomic E-state index is -0.117. The molecule has 8 nitrogen and oxygen atoms in total. The quantitative estimate of drug-likeness (QED) is 0.379. The van der Waals surface area contributed by atoms with Crippen molar-refractivity contribution < 1.29 is 9.21 Å². The van der Waals surface area contributed by atoms with Crippen molar-refractivity contribution >= 4 is 23.4 Å². The Morgan fingerprint density at radius 2 is 1.78 bits per heavy atom. The molecule has 32 heavy (non-hydrogen) atoms. The molecular formula is C23H24N6O2S. The van der Waals surface area contributed by atoms with Crippen LogP contribution in [-0.2, 0) is 29.9 Å². The molecule has 0 aliphatic carbocycles. The van der Waals surface area contributed by atoms with Crippen LogP contribution in [0.1, 0.15) is 31.1 Å². The number of anilines is 1. The smallest absolute Gasteiger partial charge is 0.247 e. The molecule has 2 heterocycles. The van der Waals surface area contributed by atoms with Crippen LogP contribution in [0.2, 0.25) is 0 Å². The summed E-state index contributed by atoms with van der Waals surface area (Å²) in [5, 5.41) is 20.4. The van der Waals surface area contributed by atoms with Crippen molar-refractivity contribution in [1.29, 1.82) is 0 Å². The van der Waals surface area contributed by atoms with Gasteiger partial charge in [-0.15, -0.1) is 20.4 Å². The van der Waals surface area contributed by atoms with Crippen LogP contribution in [-0.4, -0.2) is 30.9 Å². The zero-order valence-corrected chi connectivity index (χ0v) is 18.8. The number of hydrogen-bond acceptors (Lipinski definition) is 7. The van der Waals surface area contributed by atoms with Crippen molar-refractivity contribution in [3.8, 4) is 11.5 Å². The summed E-state index contributed by atoms with van der Waals surface area (Å²) >= 11 is 1.45. The summed E-state index contributed by atoms with van der Waals surface area (Å²) in [7, 11) is 0. The average molecular weight is 449 g/mol. The molecule has 0 atom stereocenters. The van der Waals surface area contributed by atoms with Crippen LogP contribution >= 0.6 is 11.8 Å². The monoisotopic (exact) mass is 448 g/mol. The fraction of sp³-hybridized carbons (Fsp3) is 0.261. The summed E-state index contributed by atoms with van der Waals surface area (Å²) < 4.78 is 7.69. The molecule has 2 aromatic carbocycles. The van der Waals surface area contributed by atoms with Crippen LogP contribution in [0.3, 0.4) is 0 Å². The van der Waals surface area contributed by atoms with E-state index >= 15 is 0 Å². The third-order valence-electron chi connectivity index (χ3n) is 4.91. The molecule has 1 N–H and O–H groups in total. The van der Waals surface area contributed by atoms with Gasteiger partial charge in [-0.3, -0.25) is 4.79 Å².